The molecule has 9 nitrogen and oxygen atoms in total. The molecular formula is C42H80NO8P. The zero-order chi connectivity index (χ0) is 38.2. The third-order valence-corrected chi connectivity index (χ3v) is 10.1. The Balaban J connectivity index is 3.59. The Morgan fingerprint density at radius 3 is 1.58 bits per heavy atom. The van der Waals surface area contributed by atoms with E-state index in [9.17, 15) is 24.2 Å². The fourth-order valence-corrected chi connectivity index (χ4v) is 6.64. The molecule has 1 amide bonds. The second-order valence-corrected chi connectivity index (χ2v) is 15.8. The number of phosphoric ester groups is 1. The molecule has 0 saturated carbocycles. The second-order valence-electron chi connectivity index (χ2n) is 14.3. The Morgan fingerprint density at radius 1 is 0.596 bits per heavy atom. The summed E-state index contributed by atoms with van der Waals surface area (Å²) in [6, 6.07) is 0. The fraction of sp³-hybridized carbons (Fsp3) is 0.857. The molecule has 2 unspecified atom stereocenters. The van der Waals surface area contributed by atoms with Gasteiger partial charge in [0.25, 0.3) is 0 Å². The van der Waals surface area contributed by atoms with Crippen molar-refractivity contribution in [1.82, 2.24) is 5.32 Å². The highest BCUT2D eigenvalue weighted by molar-refractivity contribution is 7.47. The van der Waals surface area contributed by atoms with E-state index in [0.717, 1.165) is 44.9 Å². The molecule has 0 aliphatic heterocycles. The highest BCUT2D eigenvalue weighted by atomic mass is 31.2. The third kappa shape index (κ3) is 39.7. The number of hydrogen-bond donors (Lipinski definition) is 3. The summed E-state index contributed by atoms with van der Waals surface area (Å²) in [5.74, 6) is -0.516. The molecule has 0 aromatic heterocycles. The van der Waals surface area contributed by atoms with E-state index < -0.39 is 26.5 Å². The highest BCUT2D eigenvalue weighted by Gasteiger charge is 2.23. The summed E-state index contributed by atoms with van der Waals surface area (Å²) >= 11 is 0. The Morgan fingerprint density at radius 2 is 1.04 bits per heavy atom. The molecule has 0 bridgehead atoms. The number of rotatable bonds is 40. The number of carbonyl (C=O) groups is 2. The normalized spacial score (nSPS) is 13.5. The summed E-state index contributed by atoms with van der Waals surface area (Å²) in [7, 11) is -4.41. The second kappa shape index (κ2) is 39.2. The molecule has 0 rings (SSSR count). The average molecular weight is 758 g/mol. The van der Waals surface area contributed by atoms with Gasteiger partial charge >= 0.3 is 13.8 Å². The first-order chi connectivity index (χ1) is 25.3. The molecule has 3 N–H and O–H groups in total. The molecule has 0 radical (unpaired) electrons. The number of unbranched alkanes of at least 4 members (excludes halogenated alkanes) is 23. The molecule has 0 spiro atoms. The van der Waals surface area contributed by atoms with Crippen LogP contribution in [0.4, 0.5) is 0 Å². The first kappa shape index (κ1) is 50.5. The summed E-state index contributed by atoms with van der Waals surface area (Å²) < 4.78 is 26.8. The van der Waals surface area contributed by atoms with Crippen molar-refractivity contribution in [2.45, 2.75) is 206 Å². The quantitative estimate of drug-likeness (QED) is 0.0244. The number of allylic oxidation sites excluding steroid dienone is 4. The summed E-state index contributed by atoms with van der Waals surface area (Å²) in [5, 5.41) is 12.7. The molecule has 2 atom stereocenters. The van der Waals surface area contributed by atoms with Gasteiger partial charge in [0.05, 0.1) is 13.2 Å². The molecule has 0 aliphatic carbocycles. The number of phosphoric acid groups is 1. The molecule has 0 heterocycles. The summed E-state index contributed by atoms with van der Waals surface area (Å²) in [4.78, 5) is 33.8. The fourth-order valence-electron chi connectivity index (χ4n) is 5.88. The first-order valence-corrected chi connectivity index (χ1v) is 22.8. The van der Waals surface area contributed by atoms with Crippen molar-refractivity contribution in [2.24, 2.45) is 0 Å². The SMILES string of the molecule is CCCCC/C=C\C/C=C\CCCCCCCCCCCC(=O)OCC(O)COP(=O)(O)OCCNC(=O)CCCCCCCCCCCCCC. The van der Waals surface area contributed by atoms with Crippen molar-refractivity contribution in [2.75, 3.05) is 26.4 Å². The van der Waals surface area contributed by atoms with Crippen LogP contribution in [0.15, 0.2) is 24.3 Å². The lowest BCUT2D eigenvalue weighted by atomic mass is 10.0. The van der Waals surface area contributed by atoms with Crippen molar-refractivity contribution >= 4 is 19.7 Å². The first-order valence-electron chi connectivity index (χ1n) is 21.3. The number of esters is 1. The number of ether oxygens (including phenoxy) is 1. The zero-order valence-electron chi connectivity index (χ0n) is 33.5. The molecule has 306 valence electrons. The number of aliphatic hydroxyl groups excluding tert-OH is 1. The van der Waals surface area contributed by atoms with Crippen LogP contribution in [0.1, 0.15) is 200 Å². The van der Waals surface area contributed by atoms with Gasteiger partial charge in [-0.1, -0.05) is 167 Å². The lowest BCUT2D eigenvalue weighted by Gasteiger charge is -2.15. The van der Waals surface area contributed by atoms with Crippen molar-refractivity contribution in [3.05, 3.63) is 24.3 Å². The maximum absolute atomic E-state index is 12.1. The van der Waals surface area contributed by atoms with Crippen LogP contribution < -0.4 is 5.32 Å². The van der Waals surface area contributed by atoms with Crippen molar-refractivity contribution in [1.29, 1.82) is 0 Å². The van der Waals surface area contributed by atoms with Crippen LogP contribution in [0.5, 0.6) is 0 Å². The van der Waals surface area contributed by atoms with Gasteiger partial charge in [0.15, 0.2) is 0 Å². The van der Waals surface area contributed by atoms with Crippen molar-refractivity contribution in [3.63, 3.8) is 0 Å². The van der Waals surface area contributed by atoms with E-state index in [1.54, 1.807) is 0 Å². The summed E-state index contributed by atoms with van der Waals surface area (Å²) in [6.45, 7) is 3.53. The smallest absolute Gasteiger partial charge is 0.463 e. The largest absolute Gasteiger partial charge is 0.472 e. The number of nitrogens with one attached hydrogen (secondary N) is 1. The Bertz CT molecular complexity index is 912. The third-order valence-electron chi connectivity index (χ3n) is 9.13. The monoisotopic (exact) mass is 758 g/mol. The van der Waals surface area contributed by atoms with Gasteiger partial charge in [-0.25, -0.2) is 4.57 Å². The predicted octanol–water partition coefficient (Wildman–Crippen LogP) is 11.6. The molecule has 0 saturated heterocycles. The van der Waals surface area contributed by atoms with Gasteiger partial charge < -0.3 is 20.1 Å². The van der Waals surface area contributed by atoms with E-state index in [1.165, 1.54) is 128 Å². The van der Waals surface area contributed by atoms with E-state index in [1.807, 2.05) is 0 Å². The van der Waals surface area contributed by atoms with Crippen molar-refractivity contribution in [3.8, 4) is 0 Å². The molecular weight excluding hydrogens is 677 g/mol. The Labute approximate surface area is 319 Å². The van der Waals surface area contributed by atoms with Crippen LogP contribution in [-0.4, -0.2) is 54.3 Å². The number of hydrogen-bond acceptors (Lipinski definition) is 7. The number of carbonyl (C=O) groups excluding carboxylic acids is 2. The minimum absolute atomic E-state index is 0.0844. The van der Waals surface area contributed by atoms with E-state index in [0.29, 0.717) is 6.42 Å². The maximum atomic E-state index is 12.1. The summed E-state index contributed by atoms with van der Waals surface area (Å²) in [5.41, 5.74) is 0. The van der Waals surface area contributed by atoms with Gasteiger partial charge in [-0.2, -0.15) is 0 Å². The lowest BCUT2D eigenvalue weighted by Crippen LogP contribution is -2.27. The average Bonchev–Trinajstić information content (AvgIpc) is 3.13. The minimum atomic E-state index is -4.41. The molecule has 52 heavy (non-hydrogen) atoms. The highest BCUT2D eigenvalue weighted by Crippen LogP contribution is 2.42. The van der Waals surface area contributed by atoms with Crippen LogP contribution in [0.2, 0.25) is 0 Å². The molecule has 0 aromatic carbocycles. The number of aliphatic hydroxyl groups is 1. The minimum Gasteiger partial charge on any atom is -0.463 e. The van der Waals surface area contributed by atoms with Gasteiger partial charge in [0, 0.05) is 19.4 Å². The van der Waals surface area contributed by atoms with Gasteiger partial charge in [-0.05, 0) is 44.9 Å². The lowest BCUT2D eigenvalue weighted by molar-refractivity contribution is -0.147. The van der Waals surface area contributed by atoms with Gasteiger partial charge in [0.1, 0.15) is 12.7 Å². The van der Waals surface area contributed by atoms with Crippen LogP contribution in [0.3, 0.4) is 0 Å². The topological polar surface area (TPSA) is 131 Å². The molecule has 10 heteroatoms. The van der Waals surface area contributed by atoms with E-state index >= 15 is 0 Å². The standard InChI is InChI=1S/C42H80NO8P/c1-3-5-7-9-11-13-15-17-18-19-20-21-22-23-25-27-29-31-33-35-42(46)49-38-40(44)39-51-52(47,48)50-37-36-43-41(45)34-32-30-28-26-24-16-14-12-10-8-6-4-2/h11,13,17-18,40,44H,3-10,12,14-16,19-39H2,1-2H3,(H,43,45)(H,47,48)/b13-11-,18-17-. The number of amides is 1. The molecule has 0 aromatic rings. The summed E-state index contributed by atoms with van der Waals surface area (Å²) in [6.07, 6.45) is 41.0. The molecule has 0 fully saturated rings. The van der Waals surface area contributed by atoms with Crippen LogP contribution >= 0.6 is 7.82 Å². The predicted molar refractivity (Wildman–Crippen MR) is 215 cm³/mol. The Kier molecular flexibility index (Phi) is 38.1. The van der Waals surface area contributed by atoms with Crippen LogP contribution in [-0.2, 0) is 27.9 Å². The van der Waals surface area contributed by atoms with Gasteiger partial charge in [0.2, 0.25) is 5.91 Å². The van der Waals surface area contributed by atoms with E-state index in [4.69, 9.17) is 13.8 Å². The van der Waals surface area contributed by atoms with Gasteiger partial charge in [-0.15, -0.1) is 0 Å². The van der Waals surface area contributed by atoms with Gasteiger partial charge in [-0.3, -0.25) is 18.6 Å². The Hall–Kier alpha value is -1.51. The zero-order valence-corrected chi connectivity index (χ0v) is 34.4. The van der Waals surface area contributed by atoms with E-state index in [2.05, 4.69) is 43.5 Å². The molecule has 0 aliphatic rings. The maximum Gasteiger partial charge on any atom is 0.472 e. The van der Waals surface area contributed by atoms with Crippen LogP contribution in [0.25, 0.3) is 0 Å². The van der Waals surface area contributed by atoms with Crippen LogP contribution in [0, 0.1) is 0 Å². The van der Waals surface area contributed by atoms with Crippen molar-refractivity contribution < 1.29 is 37.9 Å². The van der Waals surface area contributed by atoms with E-state index in [-0.39, 0.29) is 32.1 Å².